The second kappa shape index (κ2) is 5.65. The van der Waals surface area contributed by atoms with Gasteiger partial charge in [0.1, 0.15) is 0 Å². The van der Waals surface area contributed by atoms with E-state index in [9.17, 15) is 0 Å². The van der Waals surface area contributed by atoms with E-state index in [0.717, 1.165) is 19.6 Å². The first kappa shape index (κ1) is 12.6. The summed E-state index contributed by atoms with van der Waals surface area (Å²) in [5, 5.41) is 3.43. The maximum Gasteiger partial charge on any atom is 0.0952 e. The standard InChI is InChI=1S/C13H23N3O/c1-10(2)15-8-12-7-14-9-16(12)11(3)13-5-4-6-17-13/h7,9-11,13,15H,4-6,8H2,1-3H3. The first-order chi connectivity index (χ1) is 8.18. The summed E-state index contributed by atoms with van der Waals surface area (Å²) in [4.78, 5) is 4.26. The fraction of sp³-hybridized carbons (Fsp3) is 0.769. The molecule has 0 amide bonds. The molecule has 1 aliphatic heterocycles. The fourth-order valence-corrected chi connectivity index (χ4v) is 2.31. The van der Waals surface area contributed by atoms with Gasteiger partial charge < -0.3 is 14.6 Å². The maximum absolute atomic E-state index is 5.75. The van der Waals surface area contributed by atoms with Crippen molar-refractivity contribution in [3.63, 3.8) is 0 Å². The summed E-state index contributed by atoms with van der Waals surface area (Å²) < 4.78 is 7.99. The lowest BCUT2D eigenvalue weighted by molar-refractivity contribution is 0.0722. The third kappa shape index (κ3) is 3.07. The van der Waals surface area contributed by atoms with E-state index in [2.05, 4.69) is 35.6 Å². The van der Waals surface area contributed by atoms with Crippen LogP contribution in [0.5, 0.6) is 0 Å². The van der Waals surface area contributed by atoms with Crippen LogP contribution in [0.25, 0.3) is 0 Å². The molecule has 4 nitrogen and oxygen atoms in total. The molecule has 0 radical (unpaired) electrons. The Hall–Kier alpha value is -0.870. The molecule has 1 aromatic heterocycles. The van der Waals surface area contributed by atoms with Crippen LogP contribution in [0, 0.1) is 0 Å². The lowest BCUT2D eigenvalue weighted by Gasteiger charge is -2.22. The Morgan fingerprint density at radius 1 is 1.53 bits per heavy atom. The first-order valence-electron chi connectivity index (χ1n) is 6.54. The van der Waals surface area contributed by atoms with E-state index in [4.69, 9.17) is 4.74 Å². The van der Waals surface area contributed by atoms with Crippen molar-refractivity contribution in [1.82, 2.24) is 14.9 Å². The number of ether oxygens (including phenoxy) is 1. The Kier molecular flexibility index (Phi) is 4.18. The van der Waals surface area contributed by atoms with Gasteiger partial charge in [0.05, 0.1) is 24.2 Å². The summed E-state index contributed by atoms with van der Waals surface area (Å²) in [6.07, 6.45) is 6.56. The van der Waals surface area contributed by atoms with E-state index in [1.54, 1.807) is 0 Å². The number of hydrogen-bond acceptors (Lipinski definition) is 3. The van der Waals surface area contributed by atoms with Crippen LogP contribution in [0.3, 0.4) is 0 Å². The molecule has 1 N–H and O–H groups in total. The Balaban J connectivity index is 2.01. The van der Waals surface area contributed by atoms with Crippen molar-refractivity contribution >= 4 is 0 Å². The Bertz CT molecular complexity index is 342. The van der Waals surface area contributed by atoms with Crippen LogP contribution in [0.1, 0.15) is 45.3 Å². The highest BCUT2D eigenvalue weighted by molar-refractivity contribution is 5.01. The van der Waals surface area contributed by atoms with E-state index in [1.165, 1.54) is 12.1 Å². The van der Waals surface area contributed by atoms with E-state index < -0.39 is 0 Å². The minimum atomic E-state index is 0.349. The zero-order valence-corrected chi connectivity index (χ0v) is 11.0. The number of aromatic nitrogens is 2. The van der Waals surface area contributed by atoms with Crippen LogP contribution in [0.15, 0.2) is 12.5 Å². The number of hydrogen-bond donors (Lipinski definition) is 1. The monoisotopic (exact) mass is 237 g/mol. The third-order valence-electron chi connectivity index (χ3n) is 3.38. The first-order valence-corrected chi connectivity index (χ1v) is 6.54. The van der Waals surface area contributed by atoms with Gasteiger partial charge in [0, 0.05) is 25.4 Å². The van der Waals surface area contributed by atoms with Gasteiger partial charge in [-0.3, -0.25) is 0 Å². The predicted octanol–water partition coefficient (Wildman–Crippen LogP) is 2.12. The van der Waals surface area contributed by atoms with Crippen LogP contribution in [-0.2, 0) is 11.3 Å². The molecule has 2 rings (SSSR count). The molecule has 0 saturated carbocycles. The van der Waals surface area contributed by atoms with Gasteiger partial charge in [0.2, 0.25) is 0 Å². The van der Waals surface area contributed by atoms with Crippen LogP contribution in [0.4, 0.5) is 0 Å². The summed E-state index contributed by atoms with van der Waals surface area (Å²) >= 11 is 0. The van der Waals surface area contributed by atoms with Crippen molar-refractivity contribution in [2.75, 3.05) is 6.61 Å². The molecule has 4 heteroatoms. The number of imidazole rings is 1. The molecule has 0 aliphatic carbocycles. The highest BCUT2D eigenvalue weighted by atomic mass is 16.5. The summed E-state index contributed by atoms with van der Waals surface area (Å²) in [7, 11) is 0. The lowest BCUT2D eigenvalue weighted by Crippen LogP contribution is -2.26. The molecule has 2 unspecified atom stereocenters. The van der Waals surface area contributed by atoms with Crippen molar-refractivity contribution < 1.29 is 4.74 Å². The molecule has 1 aliphatic rings. The van der Waals surface area contributed by atoms with Crippen LogP contribution in [0.2, 0.25) is 0 Å². The molecule has 1 fully saturated rings. The summed E-state index contributed by atoms with van der Waals surface area (Å²) in [6, 6.07) is 0.875. The van der Waals surface area contributed by atoms with E-state index in [1.807, 2.05) is 12.5 Å². The van der Waals surface area contributed by atoms with Crippen molar-refractivity contribution in [1.29, 1.82) is 0 Å². The van der Waals surface area contributed by atoms with E-state index >= 15 is 0 Å². The SMILES string of the molecule is CC(C)NCc1cncn1C(C)C1CCCO1. The van der Waals surface area contributed by atoms with Crippen LogP contribution in [-0.4, -0.2) is 28.3 Å². The van der Waals surface area contributed by atoms with Gasteiger partial charge in [0.25, 0.3) is 0 Å². The zero-order valence-electron chi connectivity index (χ0n) is 11.0. The van der Waals surface area contributed by atoms with E-state index in [-0.39, 0.29) is 0 Å². The third-order valence-corrected chi connectivity index (χ3v) is 3.38. The van der Waals surface area contributed by atoms with Gasteiger partial charge in [0.15, 0.2) is 0 Å². The normalized spacial score (nSPS) is 22.2. The fourth-order valence-electron chi connectivity index (χ4n) is 2.31. The minimum absolute atomic E-state index is 0.349. The van der Waals surface area contributed by atoms with Gasteiger partial charge in [-0.15, -0.1) is 0 Å². The average Bonchev–Trinajstić information content (AvgIpc) is 2.96. The number of rotatable bonds is 5. The second-order valence-electron chi connectivity index (χ2n) is 5.12. The summed E-state index contributed by atoms with van der Waals surface area (Å²) in [5.74, 6) is 0. The topological polar surface area (TPSA) is 39.1 Å². The maximum atomic E-state index is 5.75. The highest BCUT2D eigenvalue weighted by Crippen LogP contribution is 2.25. The van der Waals surface area contributed by atoms with Gasteiger partial charge in [-0.25, -0.2) is 4.98 Å². The number of nitrogens with one attached hydrogen (secondary N) is 1. The van der Waals surface area contributed by atoms with Gasteiger partial charge >= 0.3 is 0 Å². The summed E-state index contributed by atoms with van der Waals surface area (Å²) in [5.41, 5.74) is 1.24. The minimum Gasteiger partial charge on any atom is -0.376 e. The highest BCUT2D eigenvalue weighted by Gasteiger charge is 2.24. The molecule has 1 aromatic rings. The molecular formula is C13H23N3O. The van der Waals surface area contributed by atoms with Crippen LogP contribution >= 0.6 is 0 Å². The van der Waals surface area contributed by atoms with Gasteiger partial charge in [-0.2, -0.15) is 0 Å². The van der Waals surface area contributed by atoms with E-state index in [0.29, 0.717) is 18.2 Å². The van der Waals surface area contributed by atoms with Crippen LogP contribution < -0.4 is 5.32 Å². The summed E-state index contributed by atoms with van der Waals surface area (Å²) in [6.45, 7) is 8.31. The molecule has 1 saturated heterocycles. The average molecular weight is 237 g/mol. The van der Waals surface area contributed by atoms with Crippen molar-refractivity contribution in [2.24, 2.45) is 0 Å². The second-order valence-corrected chi connectivity index (χ2v) is 5.12. The molecular weight excluding hydrogens is 214 g/mol. The van der Waals surface area contributed by atoms with Crippen molar-refractivity contribution in [2.45, 2.75) is 58.3 Å². The molecule has 96 valence electrons. The molecule has 0 bridgehead atoms. The van der Waals surface area contributed by atoms with Crippen molar-refractivity contribution in [3.8, 4) is 0 Å². The van der Waals surface area contributed by atoms with Gasteiger partial charge in [-0.1, -0.05) is 13.8 Å². The lowest BCUT2D eigenvalue weighted by atomic mass is 10.1. The van der Waals surface area contributed by atoms with Crippen molar-refractivity contribution in [3.05, 3.63) is 18.2 Å². The Labute approximate surface area is 103 Å². The van der Waals surface area contributed by atoms with Gasteiger partial charge in [-0.05, 0) is 19.8 Å². The molecule has 2 atom stereocenters. The zero-order chi connectivity index (χ0) is 12.3. The predicted molar refractivity (Wildman–Crippen MR) is 67.9 cm³/mol. The Morgan fingerprint density at radius 3 is 3.00 bits per heavy atom. The largest absolute Gasteiger partial charge is 0.376 e. The Morgan fingerprint density at radius 2 is 2.35 bits per heavy atom. The molecule has 0 spiro atoms. The quantitative estimate of drug-likeness (QED) is 0.852. The molecule has 2 heterocycles. The molecule has 0 aromatic carbocycles. The number of nitrogens with zero attached hydrogens (tertiary/aromatic N) is 2. The smallest absolute Gasteiger partial charge is 0.0952 e. The molecule has 17 heavy (non-hydrogen) atoms.